The standard InChI is InChI=1S/C9H14N4O4/c14-6-3-7(15)13-5-9(17)11-2-1-10-8(16)4-12-6/h1-5H2,(H,10,16)(H,11,17)(H,12,14)(H,13,15). The van der Waals surface area contributed by atoms with Gasteiger partial charge in [0.05, 0.1) is 13.1 Å². The van der Waals surface area contributed by atoms with E-state index in [0.29, 0.717) is 0 Å². The summed E-state index contributed by atoms with van der Waals surface area (Å²) in [5, 5.41) is 9.59. The summed E-state index contributed by atoms with van der Waals surface area (Å²) in [5.74, 6) is -1.85. The van der Waals surface area contributed by atoms with E-state index in [1.165, 1.54) is 0 Å². The molecule has 0 bridgehead atoms. The molecule has 1 heterocycles. The van der Waals surface area contributed by atoms with Gasteiger partial charge < -0.3 is 21.3 Å². The maximum atomic E-state index is 11.2. The fraction of sp³-hybridized carbons (Fsp3) is 0.556. The topological polar surface area (TPSA) is 116 Å². The van der Waals surface area contributed by atoms with Crippen LogP contribution in [0.2, 0.25) is 0 Å². The number of amides is 4. The van der Waals surface area contributed by atoms with Gasteiger partial charge in [0.2, 0.25) is 23.6 Å². The smallest absolute Gasteiger partial charge is 0.239 e. The molecule has 0 aromatic carbocycles. The zero-order valence-electron chi connectivity index (χ0n) is 9.17. The average Bonchev–Trinajstić information content (AvgIpc) is 2.29. The SMILES string of the molecule is O=C1CNC(=O)CC(=O)NCC(=O)NCCN1. The summed E-state index contributed by atoms with van der Waals surface area (Å²) in [6, 6.07) is 0. The van der Waals surface area contributed by atoms with Crippen molar-refractivity contribution >= 4 is 23.6 Å². The first-order valence-electron chi connectivity index (χ1n) is 5.14. The Labute approximate surface area is 97.5 Å². The van der Waals surface area contributed by atoms with Crippen molar-refractivity contribution in [1.29, 1.82) is 0 Å². The Morgan fingerprint density at radius 1 is 0.588 bits per heavy atom. The van der Waals surface area contributed by atoms with Crippen molar-refractivity contribution in [2.24, 2.45) is 0 Å². The molecule has 1 aliphatic heterocycles. The van der Waals surface area contributed by atoms with E-state index in [4.69, 9.17) is 0 Å². The molecule has 94 valence electrons. The van der Waals surface area contributed by atoms with Gasteiger partial charge >= 0.3 is 0 Å². The molecule has 0 aliphatic carbocycles. The van der Waals surface area contributed by atoms with Gasteiger partial charge in [0.25, 0.3) is 0 Å². The van der Waals surface area contributed by atoms with Crippen LogP contribution in [0, 0.1) is 0 Å². The number of nitrogens with one attached hydrogen (secondary N) is 4. The largest absolute Gasteiger partial charge is 0.353 e. The summed E-state index contributed by atoms with van der Waals surface area (Å²) < 4.78 is 0. The first-order chi connectivity index (χ1) is 8.08. The van der Waals surface area contributed by atoms with Crippen LogP contribution in [-0.2, 0) is 19.2 Å². The van der Waals surface area contributed by atoms with E-state index < -0.39 is 18.2 Å². The lowest BCUT2D eigenvalue weighted by Gasteiger charge is -2.06. The fourth-order valence-corrected chi connectivity index (χ4v) is 1.16. The second-order valence-corrected chi connectivity index (χ2v) is 3.43. The second kappa shape index (κ2) is 6.46. The lowest BCUT2D eigenvalue weighted by atomic mass is 10.3. The molecule has 0 aromatic rings. The zero-order valence-corrected chi connectivity index (χ0v) is 9.17. The maximum absolute atomic E-state index is 11.2. The van der Waals surface area contributed by atoms with Crippen LogP contribution in [-0.4, -0.2) is 49.8 Å². The summed E-state index contributed by atoms with van der Waals surface area (Å²) in [6.07, 6.45) is -0.402. The molecule has 1 aliphatic rings. The molecule has 4 N–H and O–H groups in total. The Kier molecular flexibility index (Phi) is 4.92. The van der Waals surface area contributed by atoms with Crippen LogP contribution in [0.25, 0.3) is 0 Å². The zero-order chi connectivity index (χ0) is 12.7. The number of carbonyl (C=O) groups is 4. The first-order valence-corrected chi connectivity index (χ1v) is 5.14. The molecule has 1 saturated heterocycles. The van der Waals surface area contributed by atoms with Gasteiger partial charge in [-0.25, -0.2) is 0 Å². The van der Waals surface area contributed by atoms with E-state index in [9.17, 15) is 19.2 Å². The third-order valence-electron chi connectivity index (χ3n) is 1.98. The molecule has 8 heteroatoms. The maximum Gasteiger partial charge on any atom is 0.239 e. The van der Waals surface area contributed by atoms with Crippen molar-refractivity contribution in [3.8, 4) is 0 Å². The Morgan fingerprint density at radius 2 is 1.00 bits per heavy atom. The van der Waals surface area contributed by atoms with Crippen molar-refractivity contribution in [2.75, 3.05) is 26.2 Å². The van der Waals surface area contributed by atoms with Gasteiger partial charge in [0, 0.05) is 13.1 Å². The summed E-state index contributed by atoms with van der Waals surface area (Å²) in [5.41, 5.74) is 0. The number of rotatable bonds is 0. The van der Waals surface area contributed by atoms with Crippen LogP contribution in [0.4, 0.5) is 0 Å². The molecule has 0 atom stereocenters. The average molecular weight is 242 g/mol. The Bertz CT molecular complexity index is 310. The predicted molar refractivity (Wildman–Crippen MR) is 56.7 cm³/mol. The van der Waals surface area contributed by atoms with Gasteiger partial charge in [-0.3, -0.25) is 19.2 Å². The van der Waals surface area contributed by atoms with Crippen LogP contribution < -0.4 is 21.3 Å². The van der Waals surface area contributed by atoms with Gasteiger partial charge in [-0.2, -0.15) is 0 Å². The van der Waals surface area contributed by atoms with E-state index in [-0.39, 0.29) is 38.0 Å². The number of carbonyl (C=O) groups excluding carboxylic acids is 4. The highest BCUT2D eigenvalue weighted by Gasteiger charge is 2.12. The number of hydrogen-bond donors (Lipinski definition) is 4. The molecule has 1 rings (SSSR count). The number of hydrogen-bond acceptors (Lipinski definition) is 4. The normalized spacial score (nSPS) is 19.8. The van der Waals surface area contributed by atoms with Crippen molar-refractivity contribution in [2.45, 2.75) is 6.42 Å². The highest BCUT2D eigenvalue weighted by atomic mass is 16.2. The van der Waals surface area contributed by atoms with Gasteiger partial charge in [-0.1, -0.05) is 0 Å². The molecule has 4 amide bonds. The highest BCUT2D eigenvalue weighted by molar-refractivity contribution is 5.99. The molecule has 8 nitrogen and oxygen atoms in total. The van der Waals surface area contributed by atoms with E-state index in [1.807, 2.05) is 0 Å². The van der Waals surface area contributed by atoms with Crippen LogP contribution in [0.1, 0.15) is 6.42 Å². The minimum Gasteiger partial charge on any atom is -0.353 e. The first kappa shape index (κ1) is 12.9. The van der Waals surface area contributed by atoms with Crippen molar-refractivity contribution in [3.63, 3.8) is 0 Å². The lowest BCUT2D eigenvalue weighted by Crippen LogP contribution is -2.40. The lowest BCUT2D eigenvalue weighted by molar-refractivity contribution is -0.132. The third kappa shape index (κ3) is 5.50. The monoisotopic (exact) mass is 242 g/mol. The molecule has 0 radical (unpaired) electrons. The molecule has 0 aromatic heterocycles. The van der Waals surface area contributed by atoms with E-state index in [1.54, 1.807) is 0 Å². The summed E-state index contributed by atoms with van der Waals surface area (Å²) in [7, 11) is 0. The molecule has 0 saturated carbocycles. The van der Waals surface area contributed by atoms with Gasteiger partial charge in [-0.15, -0.1) is 0 Å². The van der Waals surface area contributed by atoms with Gasteiger partial charge in [0.15, 0.2) is 0 Å². The summed E-state index contributed by atoms with van der Waals surface area (Å²) in [4.78, 5) is 44.6. The molecular weight excluding hydrogens is 228 g/mol. The molecule has 0 spiro atoms. The van der Waals surface area contributed by atoms with Gasteiger partial charge in [-0.05, 0) is 0 Å². The second-order valence-electron chi connectivity index (χ2n) is 3.43. The van der Waals surface area contributed by atoms with Crippen molar-refractivity contribution < 1.29 is 19.2 Å². The molecule has 0 unspecified atom stereocenters. The fourth-order valence-electron chi connectivity index (χ4n) is 1.16. The van der Waals surface area contributed by atoms with Crippen molar-refractivity contribution in [3.05, 3.63) is 0 Å². The molecule has 17 heavy (non-hydrogen) atoms. The van der Waals surface area contributed by atoms with Crippen LogP contribution in [0.3, 0.4) is 0 Å². The Morgan fingerprint density at radius 3 is 1.41 bits per heavy atom. The summed E-state index contributed by atoms with van der Waals surface area (Å²) in [6.45, 7) is 0.183. The van der Waals surface area contributed by atoms with Crippen LogP contribution in [0.15, 0.2) is 0 Å². The minimum atomic E-state index is -0.558. The van der Waals surface area contributed by atoms with Crippen LogP contribution in [0.5, 0.6) is 0 Å². The molecule has 1 fully saturated rings. The Hall–Kier alpha value is -2.12. The minimum absolute atomic E-state index is 0.180. The van der Waals surface area contributed by atoms with Crippen LogP contribution >= 0.6 is 0 Å². The summed E-state index contributed by atoms with van der Waals surface area (Å²) >= 11 is 0. The Balaban J connectivity index is 2.52. The van der Waals surface area contributed by atoms with E-state index in [0.717, 1.165) is 0 Å². The van der Waals surface area contributed by atoms with Gasteiger partial charge in [0.1, 0.15) is 6.42 Å². The highest BCUT2D eigenvalue weighted by Crippen LogP contribution is 1.81. The van der Waals surface area contributed by atoms with Crippen molar-refractivity contribution in [1.82, 2.24) is 21.3 Å². The molecular formula is C9H14N4O4. The van der Waals surface area contributed by atoms with E-state index >= 15 is 0 Å². The quantitative estimate of drug-likeness (QED) is 0.336. The third-order valence-corrected chi connectivity index (χ3v) is 1.98. The predicted octanol–water partition coefficient (Wildman–Crippen LogP) is -3.15. The van der Waals surface area contributed by atoms with E-state index in [2.05, 4.69) is 21.3 Å².